The second-order valence-electron chi connectivity index (χ2n) is 7.90. The van der Waals surface area contributed by atoms with Crippen LogP contribution in [0.1, 0.15) is 48.9 Å². The van der Waals surface area contributed by atoms with E-state index in [9.17, 15) is 9.59 Å². The maximum atomic E-state index is 12.3. The summed E-state index contributed by atoms with van der Waals surface area (Å²) in [4.78, 5) is 24.3. The first-order valence-corrected chi connectivity index (χ1v) is 9.31. The van der Waals surface area contributed by atoms with Gasteiger partial charge in [0.15, 0.2) is 0 Å². The molecule has 2 N–H and O–H groups in total. The first-order chi connectivity index (χ1) is 11.7. The zero-order chi connectivity index (χ0) is 16.5. The number of nitrogens with one attached hydrogen (secondary N) is 2. The molecule has 0 unspecified atom stereocenters. The summed E-state index contributed by atoms with van der Waals surface area (Å²) in [5, 5.41) is 6.12. The molecule has 4 saturated carbocycles. The van der Waals surface area contributed by atoms with Gasteiger partial charge in [-0.25, -0.2) is 0 Å². The molecular weight excluding hydrogens is 300 g/mol. The van der Waals surface area contributed by atoms with Crippen LogP contribution in [0.4, 0.5) is 0 Å². The van der Waals surface area contributed by atoms with E-state index in [0.717, 1.165) is 11.8 Å². The molecule has 2 amide bonds. The Morgan fingerprint density at radius 1 is 0.917 bits per heavy atom. The summed E-state index contributed by atoms with van der Waals surface area (Å²) in [5.41, 5.74) is 0.638. The fraction of sp³-hybridized carbons (Fsp3) is 0.600. The molecule has 4 bridgehead atoms. The molecule has 0 aliphatic heterocycles. The van der Waals surface area contributed by atoms with Crippen LogP contribution in [0.2, 0.25) is 0 Å². The summed E-state index contributed by atoms with van der Waals surface area (Å²) < 4.78 is 0. The maximum absolute atomic E-state index is 12.3. The molecule has 0 aromatic heterocycles. The Bertz CT molecular complexity index is 585. The monoisotopic (exact) mass is 326 g/mol. The molecule has 0 atom stereocenters. The quantitative estimate of drug-likeness (QED) is 0.874. The number of benzene rings is 1. The van der Waals surface area contributed by atoms with Crippen molar-refractivity contribution in [2.75, 3.05) is 6.54 Å². The van der Waals surface area contributed by atoms with Crippen LogP contribution < -0.4 is 10.6 Å². The van der Waals surface area contributed by atoms with Crippen molar-refractivity contribution in [2.24, 2.45) is 23.7 Å². The highest BCUT2D eigenvalue weighted by Crippen LogP contribution is 2.53. The van der Waals surface area contributed by atoms with E-state index in [1.54, 1.807) is 12.1 Å². The van der Waals surface area contributed by atoms with Gasteiger partial charge >= 0.3 is 0 Å². The van der Waals surface area contributed by atoms with Crippen LogP contribution in [0.15, 0.2) is 30.3 Å². The van der Waals surface area contributed by atoms with Crippen LogP contribution in [-0.4, -0.2) is 24.4 Å². The molecule has 0 radical (unpaired) electrons. The molecular formula is C20H26N2O2. The third kappa shape index (κ3) is 3.19. The molecule has 4 fully saturated rings. The number of rotatable bonds is 5. The van der Waals surface area contributed by atoms with E-state index in [-0.39, 0.29) is 11.8 Å². The van der Waals surface area contributed by atoms with Gasteiger partial charge in [0, 0.05) is 24.6 Å². The van der Waals surface area contributed by atoms with Gasteiger partial charge in [-0.05, 0) is 67.9 Å². The molecule has 24 heavy (non-hydrogen) atoms. The van der Waals surface area contributed by atoms with E-state index in [1.807, 2.05) is 18.2 Å². The van der Waals surface area contributed by atoms with E-state index in [4.69, 9.17) is 0 Å². The second kappa shape index (κ2) is 6.58. The molecule has 0 spiro atoms. The Morgan fingerprint density at radius 3 is 2.17 bits per heavy atom. The SMILES string of the molecule is O=C(CCNC(=O)c1ccccc1)NC1C2CC3CC(C2)CC1C3. The van der Waals surface area contributed by atoms with Crippen LogP contribution in [0.25, 0.3) is 0 Å². The van der Waals surface area contributed by atoms with Crippen molar-refractivity contribution in [1.82, 2.24) is 10.6 Å². The predicted molar refractivity (Wildman–Crippen MR) is 92.4 cm³/mol. The van der Waals surface area contributed by atoms with Gasteiger partial charge < -0.3 is 10.6 Å². The third-order valence-electron chi connectivity index (χ3n) is 6.23. The van der Waals surface area contributed by atoms with Gasteiger partial charge in [-0.1, -0.05) is 18.2 Å². The summed E-state index contributed by atoms with van der Waals surface area (Å²) in [6, 6.07) is 9.51. The van der Waals surface area contributed by atoms with Gasteiger partial charge in [0.05, 0.1) is 0 Å². The Labute approximate surface area is 143 Å². The highest BCUT2D eigenvalue weighted by molar-refractivity contribution is 5.94. The zero-order valence-corrected chi connectivity index (χ0v) is 14.0. The minimum atomic E-state index is -0.113. The first kappa shape index (κ1) is 15.7. The molecule has 1 aromatic carbocycles. The van der Waals surface area contributed by atoms with Crippen molar-refractivity contribution in [3.63, 3.8) is 0 Å². The summed E-state index contributed by atoms with van der Waals surface area (Å²) >= 11 is 0. The van der Waals surface area contributed by atoms with Gasteiger partial charge in [0.25, 0.3) is 5.91 Å². The van der Waals surface area contributed by atoms with Crippen LogP contribution in [0, 0.1) is 23.7 Å². The first-order valence-electron chi connectivity index (χ1n) is 9.31. The zero-order valence-electron chi connectivity index (χ0n) is 14.0. The smallest absolute Gasteiger partial charge is 0.251 e. The minimum Gasteiger partial charge on any atom is -0.353 e. The number of hydrogen-bond donors (Lipinski definition) is 2. The summed E-state index contributed by atoms with van der Waals surface area (Å²) in [5.74, 6) is 3.21. The molecule has 4 heteroatoms. The normalized spacial score (nSPS) is 33.2. The van der Waals surface area contributed by atoms with Crippen molar-refractivity contribution in [2.45, 2.75) is 44.6 Å². The fourth-order valence-electron chi connectivity index (χ4n) is 5.40. The van der Waals surface area contributed by atoms with Crippen LogP contribution >= 0.6 is 0 Å². The third-order valence-corrected chi connectivity index (χ3v) is 6.23. The van der Waals surface area contributed by atoms with E-state index < -0.39 is 0 Å². The van der Waals surface area contributed by atoms with Crippen molar-refractivity contribution >= 4 is 11.8 Å². The van der Waals surface area contributed by atoms with Gasteiger partial charge in [-0.15, -0.1) is 0 Å². The topological polar surface area (TPSA) is 58.2 Å². The van der Waals surface area contributed by atoms with Crippen molar-refractivity contribution in [3.05, 3.63) is 35.9 Å². The number of carbonyl (C=O) groups is 2. The lowest BCUT2D eigenvalue weighted by molar-refractivity contribution is -0.124. The van der Waals surface area contributed by atoms with Gasteiger partial charge in [-0.3, -0.25) is 9.59 Å². The van der Waals surface area contributed by atoms with Crippen molar-refractivity contribution in [3.8, 4) is 0 Å². The largest absolute Gasteiger partial charge is 0.353 e. The molecule has 4 nitrogen and oxygen atoms in total. The standard InChI is InChI=1S/C20H26N2O2/c23-18(6-7-21-20(24)15-4-2-1-3-5-15)22-19-16-9-13-8-14(11-16)12-17(19)10-13/h1-5,13-14,16-17,19H,6-12H2,(H,21,24)(H,22,23). The summed E-state index contributed by atoms with van der Waals surface area (Å²) in [7, 11) is 0. The van der Waals surface area contributed by atoms with Crippen molar-refractivity contribution < 1.29 is 9.59 Å². The summed E-state index contributed by atoms with van der Waals surface area (Å²) in [6.07, 6.45) is 7.03. The minimum absolute atomic E-state index is 0.0841. The van der Waals surface area contributed by atoms with E-state index in [0.29, 0.717) is 36.4 Å². The fourth-order valence-corrected chi connectivity index (χ4v) is 5.40. The van der Waals surface area contributed by atoms with Crippen LogP contribution in [-0.2, 0) is 4.79 Å². The van der Waals surface area contributed by atoms with E-state index >= 15 is 0 Å². The highest BCUT2D eigenvalue weighted by atomic mass is 16.2. The maximum Gasteiger partial charge on any atom is 0.251 e. The van der Waals surface area contributed by atoms with Gasteiger partial charge in [0.1, 0.15) is 0 Å². The Morgan fingerprint density at radius 2 is 1.54 bits per heavy atom. The Kier molecular flexibility index (Phi) is 4.30. The Hall–Kier alpha value is -1.84. The average Bonchev–Trinajstić information content (AvgIpc) is 2.58. The lowest BCUT2D eigenvalue weighted by atomic mass is 9.54. The molecule has 4 aliphatic rings. The Balaban J connectivity index is 1.23. The highest BCUT2D eigenvalue weighted by Gasteiger charge is 2.48. The van der Waals surface area contributed by atoms with Gasteiger partial charge in [-0.2, -0.15) is 0 Å². The van der Waals surface area contributed by atoms with Crippen LogP contribution in [0.5, 0.6) is 0 Å². The number of amides is 2. The summed E-state index contributed by atoms with van der Waals surface area (Å²) in [6.45, 7) is 0.396. The predicted octanol–water partition coefficient (Wildman–Crippen LogP) is 2.75. The van der Waals surface area contributed by atoms with E-state index in [2.05, 4.69) is 10.6 Å². The van der Waals surface area contributed by atoms with Gasteiger partial charge in [0.2, 0.25) is 5.91 Å². The second-order valence-corrected chi connectivity index (χ2v) is 7.90. The molecule has 5 rings (SSSR count). The van der Waals surface area contributed by atoms with Crippen LogP contribution in [0.3, 0.4) is 0 Å². The molecule has 0 saturated heterocycles. The molecule has 128 valence electrons. The lowest BCUT2D eigenvalue weighted by Crippen LogP contribution is -2.56. The molecule has 0 heterocycles. The number of carbonyl (C=O) groups excluding carboxylic acids is 2. The lowest BCUT2D eigenvalue weighted by Gasteiger charge is -2.54. The molecule has 4 aliphatic carbocycles. The average molecular weight is 326 g/mol. The van der Waals surface area contributed by atoms with E-state index in [1.165, 1.54) is 32.1 Å². The molecule has 1 aromatic rings. The van der Waals surface area contributed by atoms with Crippen molar-refractivity contribution in [1.29, 1.82) is 0 Å². The number of hydrogen-bond acceptors (Lipinski definition) is 2.